The van der Waals surface area contributed by atoms with E-state index in [1.165, 1.54) is 11.3 Å². The predicted molar refractivity (Wildman–Crippen MR) is 66.4 cm³/mol. The van der Waals surface area contributed by atoms with Gasteiger partial charge in [-0.05, 0) is 18.6 Å². The molecule has 0 amide bonds. The molecule has 0 spiro atoms. The Bertz CT molecular complexity index is 360. The molecule has 1 atom stereocenters. The Morgan fingerprint density at radius 3 is 2.80 bits per heavy atom. The van der Waals surface area contributed by atoms with Gasteiger partial charge in [-0.3, -0.25) is 9.00 Å². The van der Waals surface area contributed by atoms with Crippen LogP contribution in [0.4, 0.5) is 0 Å². The van der Waals surface area contributed by atoms with Crippen molar-refractivity contribution in [3.63, 3.8) is 0 Å². The zero-order valence-corrected chi connectivity index (χ0v) is 10.9. The summed E-state index contributed by atoms with van der Waals surface area (Å²) in [5.74, 6) is 0.666. The highest BCUT2D eigenvalue weighted by molar-refractivity contribution is 7.85. The van der Waals surface area contributed by atoms with Crippen LogP contribution in [0.3, 0.4) is 0 Å². The maximum Gasteiger partial charge on any atom is 0.185 e. The maximum absolute atomic E-state index is 11.6. The third-order valence-corrected chi connectivity index (χ3v) is 4.47. The number of thiophene rings is 1. The Hall–Kier alpha value is -0.190. The summed E-state index contributed by atoms with van der Waals surface area (Å²) in [6.45, 7) is 2.04. The first-order valence-electron chi connectivity index (χ1n) is 4.77. The van der Waals surface area contributed by atoms with Gasteiger partial charge in [0.05, 0.1) is 15.0 Å². The molecule has 1 heterocycles. The van der Waals surface area contributed by atoms with E-state index in [4.69, 9.17) is 11.6 Å². The lowest BCUT2D eigenvalue weighted by Gasteiger charge is -1.98. The van der Waals surface area contributed by atoms with Crippen molar-refractivity contribution in [3.8, 4) is 0 Å². The van der Waals surface area contributed by atoms with Gasteiger partial charge in [-0.15, -0.1) is 11.3 Å². The zero-order valence-electron chi connectivity index (χ0n) is 8.49. The molecule has 1 aromatic heterocycles. The Labute approximate surface area is 101 Å². The molecule has 0 bridgehead atoms. The second kappa shape index (κ2) is 6.40. The summed E-state index contributed by atoms with van der Waals surface area (Å²) < 4.78 is 12.0. The lowest BCUT2D eigenvalue weighted by Crippen LogP contribution is -2.12. The van der Waals surface area contributed by atoms with Crippen LogP contribution in [0.15, 0.2) is 12.1 Å². The van der Waals surface area contributed by atoms with Crippen molar-refractivity contribution < 1.29 is 9.00 Å². The maximum atomic E-state index is 11.6. The lowest BCUT2D eigenvalue weighted by molar-refractivity contribution is 0.102. The molecule has 84 valence electrons. The molecule has 5 heteroatoms. The van der Waals surface area contributed by atoms with Gasteiger partial charge in [-0.1, -0.05) is 24.9 Å². The van der Waals surface area contributed by atoms with Crippen LogP contribution in [-0.2, 0) is 10.8 Å². The van der Waals surface area contributed by atoms with Gasteiger partial charge in [0.2, 0.25) is 0 Å². The summed E-state index contributed by atoms with van der Waals surface area (Å²) >= 11 is 6.96. The molecule has 0 fully saturated rings. The number of rotatable bonds is 6. The van der Waals surface area contributed by atoms with Gasteiger partial charge < -0.3 is 0 Å². The first-order chi connectivity index (χ1) is 7.13. The second-order valence-corrected chi connectivity index (χ2v) is 6.46. The van der Waals surface area contributed by atoms with Crippen LogP contribution in [0.1, 0.15) is 29.4 Å². The Morgan fingerprint density at radius 2 is 2.27 bits per heavy atom. The second-order valence-electron chi connectivity index (χ2n) is 3.17. The van der Waals surface area contributed by atoms with Gasteiger partial charge >= 0.3 is 0 Å². The van der Waals surface area contributed by atoms with Crippen molar-refractivity contribution in [1.82, 2.24) is 0 Å². The molecule has 1 rings (SSSR count). The van der Waals surface area contributed by atoms with Gasteiger partial charge in [-0.25, -0.2) is 0 Å². The highest BCUT2D eigenvalue weighted by Gasteiger charge is 2.12. The van der Waals surface area contributed by atoms with E-state index in [1.807, 2.05) is 6.92 Å². The minimum absolute atomic E-state index is 0.0682. The monoisotopic (exact) mass is 264 g/mol. The minimum Gasteiger partial charge on any atom is -0.292 e. The normalized spacial score (nSPS) is 12.7. The fraction of sp³-hybridized carbons (Fsp3) is 0.500. The van der Waals surface area contributed by atoms with Crippen molar-refractivity contribution in [2.45, 2.75) is 19.8 Å². The predicted octanol–water partition coefficient (Wildman–Crippen LogP) is 3.13. The molecular weight excluding hydrogens is 252 g/mol. The topological polar surface area (TPSA) is 34.1 Å². The van der Waals surface area contributed by atoms with Gasteiger partial charge in [0.15, 0.2) is 5.78 Å². The van der Waals surface area contributed by atoms with Crippen molar-refractivity contribution in [1.29, 1.82) is 0 Å². The third kappa shape index (κ3) is 4.45. The van der Waals surface area contributed by atoms with Crippen LogP contribution in [-0.4, -0.2) is 21.5 Å². The number of carbonyl (C=O) groups is 1. The van der Waals surface area contributed by atoms with E-state index in [0.717, 1.165) is 12.8 Å². The number of hydrogen-bond acceptors (Lipinski definition) is 3. The van der Waals surface area contributed by atoms with Gasteiger partial charge in [0.1, 0.15) is 0 Å². The molecule has 0 saturated carbocycles. The van der Waals surface area contributed by atoms with Crippen LogP contribution >= 0.6 is 22.9 Å². The quantitative estimate of drug-likeness (QED) is 0.740. The highest BCUT2D eigenvalue weighted by atomic mass is 35.5. The van der Waals surface area contributed by atoms with Crippen LogP contribution in [0.2, 0.25) is 4.34 Å². The lowest BCUT2D eigenvalue weighted by atomic mass is 10.4. The molecule has 0 aliphatic carbocycles. The van der Waals surface area contributed by atoms with E-state index in [1.54, 1.807) is 12.1 Å². The van der Waals surface area contributed by atoms with Crippen LogP contribution in [0.5, 0.6) is 0 Å². The van der Waals surface area contributed by atoms with E-state index in [2.05, 4.69) is 0 Å². The third-order valence-electron chi connectivity index (χ3n) is 1.87. The number of ketones is 1. The molecule has 2 nitrogen and oxygen atoms in total. The van der Waals surface area contributed by atoms with E-state index < -0.39 is 10.8 Å². The molecule has 0 N–H and O–H groups in total. The summed E-state index contributed by atoms with van der Waals surface area (Å²) in [5, 5.41) is 0. The smallest absolute Gasteiger partial charge is 0.185 e. The summed E-state index contributed by atoms with van der Waals surface area (Å²) in [6.07, 6.45) is 1.91. The fourth-order valence-electron chi connectivity index (χ4n) is 1.06. The first kappa shape index (κ1) is 12.9. The highest BCUT2D eigenvalue weighted by Crippen LogP contribution is 2.21. The average Bonchev–Trinajstić information content (AvgIpc) is 2.61. The SMILES string of the molecule is CCCCS(=O)CC(=O)c1ccc(Cl)s1. The van der Waals surface area contributed by atoms with Gasteiger partial charge in [0.25, 0.3) is 0 Å². The molecule has 0 saturated heterocycles. The molecule has 1 unspecified atom stereocenters. The minimum atomic E-state index is -1.03. The van der Waals surface area contributed by atoms with Crippen molar-refractivity contribution in [2.24, 2.45) is 0 Å². The van der Waals surface area contributed by atoms with E-state index >= 15 is 0 Å². The van der Waals surface area contributed by atoms with Crippen molar-refractivity contribution in [3.05, 3.63) is 21.3 Å². The fourth-order valence-corrected chi connectivity index (χ4v) is 3.33. The van der Waals surface area contributed by atoms with Crippen molar-refractivity contribution >= 4 is 39.5 Å². The van der Waals surface area contributed by atoms with Gasteiger partial charge in [0, 0.05) is 16.6 Å². The van der Waals surface area contributed by atoms with E-state index in [9.17, 15) is 9.00 Å². The molecule has 15 heavy (non-hydrogen) atoms. The molecule has 0 aromatic carbocycles. The molecule has 1 aromatic rings. The number of carbonyl (C=O) groups excluding carboxylic acids is 1. The van der Waals surface area contributed by atoms with Crippen molar-refractivity contribution in [2.75, 3.05) is 11.5 Å². The average molecular weight is 265 g/mol. The summed E-state index contributed by atoms with van der Waals surface area (Å²) in [4.78, 5) is 12.2. The first-order valence-corrected chi connectivity index (χ1v) is 7.45. The van der Waals surface area contributed by atoms with E-state index in [-0.39, 0.29) is 11.5 Å². The van der Waals surface area contributed by atoms with Crippen LogP contribution in [0.25, 0.3) is 0 Å². The van der Waals surface area contributed by atoms with Crippen LogP contribution in [0, 0.1) is 0 Å². The Morgan fingerprint density at radius 1 is 1.53 bits per heavy atom. The molecule has 0 aliphatic heterocycles. The van der Waals surface area contributed by atoms with E-state index in [0.29, 0.717) is 15.0 Å². The molecular formula is C10H13ClO2S2. The largest absolute Gasteiger partial charge is 0.292 e. The summed E-state index contributed by atoms with van der Waals surface area (Å²) in [6, 6.07) is 3.38. The number of halogens is 1. The summed E-state index contributed by atoms with van der Waals surface area (Å²) in [5.41, 5.74) is 0. The Kier molecular flexibility index (Phi) is 5.50. The van der Waals surface area contributed by atoms with Crippen LogP contribution < -0.4 is 0 Å². The zero-order chi connectivity index (χ0) is 11.3. The number of Topliss-reactive ketones (excluding diaryl/α,β-unsaturated/α-hetero) is 1. The molecule has 0 aliphatic rings. The number of hydrogen-bond donors (Lipinski definition) is 0. The Balaban J connectivity index is 2.45. The molecule has 0 radical (unpaired) electrons. The number of unbranched alkanes of at least 4 members (excludes halogenated alkanes) is 1. The van der Waals surface area contributed by atoms with Gasteiger partial charge in [-0.2, -0.15) is 0 Å². The standard InChI is InChI=1S/C10H13ClO2S2/c1-2-3-6-15(13)7-8(12)9-4-5-10(11)14-9/h4-5H,2-3,6-7H2,1H3. The summed E-state index contributed by atoms with van der Waals surface area (Å²) in [7, 11) is -1.03.